The molecule has 2 N–H and O–H groups in total. The molecule has 172 valence electrons. The molecule has 4 aromatic rings. The van der Waals surface area contributed by atoms with E-state index >= 15 is 0 Å². The average molecular weight is 457 g/mol. The number of benzene rings is 3. The number of nitrogens with two attached hydrogens (primary N) is 1. The fraction of sp³-hybridized carbons (Fsp3) is 0.115. The summed E-state index contributed by atoms with van der Waals surface area (Å²) < 4.78 is 21.9. The van der Waals surface area contributed by atoms with Gasteiger partial charge in [0.05, 0.1) is 7.11 Å². The van der Waals surface area contributed by atoms with Gasteiger partial charge in [0.25, 0.3) is 11.8 Å². The van der Waals surface area contributed by atoms with Crippen molar-refractivity contribution < 1.29 is 23.5 Å². The summed E-state index contributed by atoms with van der Waals surface area (Å²) in [5, 5.41) is 4.02. The van der Waals surface area contributed by atoms with Crippen molar-refractivity contribution in [1.29, 1.82) is 0 Å². The third-order valence-corrected chi connectivity index (χ3v) is 4.80. The summed E-state index contributed by atoms with van der Waals surface area (Å²) >= 11 is 0. The maximum atomic E-state index is 10.8. The number of primary amides is 1. The van der Waals surface area contributed by atoms with Gasteiger partial charge in [-0.15, -0.1) is 0 Å². The van der Waals surface area contributed by atoms with Crippen LogP contribution in [0.5, 0.6) is 17.2 Å². The molecule has 1 aromatic heterocycles. The van der Waals surface area contributed by atoms with Crippen LogP contribution < -0.4 is 19.9 Å². The van der Waals surface area contributed by atoms with E-state index in [1.807, 2.05) is 54.6 Å². The Bertz CT molecular complexity index is 1270. The highest BCUT2D eigenvalue weighted by atomic mass is 16.5. The molecule has 0 fully saturated rings. The molecule has 0 radical (unpaired) electrons. The highest BCUT2D eigenvalue weighted by Crippen LogP contribution is 2.24. The molecule has 0 unspecified atom stereocenters. The lowest BCUT2D eigenvalue weighted by atomic mass is 10.1. The molecule has 0 saturated heterocycles. The molecule has 8 nitrogen and oxygen atoms in total. The molecule has 0 aliphatic heterocycles. The Labute approximate surface area is 196 Å². The molecule has 0 aliphatic carbocycles. The van der Waals surface area contributed by atoms with Crippen molar-refractivity contribution in [3.63, 3.8) is 0 Å². The van der Waals surface area contributed by atoms with Gasteiger partial charge in [-0.2, -0.15) is 4.98 Å². The summed E-state index contributed by atoms with van der Waals surface area (Å²) in [6.45, 7) is 0.195. The minimum Gasteiger partial charge on any atom is -0.496 e. The summed E-state index contributed by atoms with van der Waals surface area (Å²) in [6.07, 6.45) is 3.62. The number of methoxy groups -OCH3 is 1. The predicted molar refractivity (Wildman–Crippen MR) is 127 cm³/mol. The Morgan fingerprint density at radius 2 is 1.74 bits per heavy atom. The molecular weight excluding hydrogens is 434 g/mol. The number of rotatable bonds is 10. The van der Waals surface area contributed by atoms with Gasteiger partial charge in [0.1, 0.15) is 23.9 Å². The zero-order valence-corrected chi connectivity index (χ0v) is 18.5. The summed E-state index contributed by atoms with van der Waals surface area (Å²) in [5.74, 6) is 2.33. The van der Waals surface area contributed by atoms with Crippen LogP contribution in [0.1, 0.15) is 17.0 Å². The number of aromatic nitrogens is 2. The molecule has 4 rings (SSSR count). The smallest absolute Gasteiger partial charge is 0.255 e. The van der Waals surface area contributed by atoms with Crippen molar-refractivity contribution >= 4 is 18.1 Å². The van der Waals surface area contributed by atoms with Crippen LogP contribution in [0, 0.1) is 0 Å². The first kappa shape index (κ1) is 22.6. The lowest BCUT2D eigenvalue weighted by Crippen LogP contribution is -2.19. The van der Waals surface area contributed by atoms with Crippen LogP contribution in [-0.4, -0.2) is 29.8 Å². The number of amides is 1. The highest BCUT2D eigenvalue weighted by molar-refractivity contribution is 5.75. The van der Waals surface area contributed by atoms with Crippen LogP contribution >= 0.6 is 0 Å². The lowest BCUT2D eigenvalue weighted by molar-refractivity contribution is -0.119. The van der Waals surface area contributed by atoms with Crippen molar-refractivity contribution in [2.24, 2.45) is 5.73 Å². The number of para-hydroxylation sites is 1. The summed E-state index contributed by atoms with van der Waals surface area (Å²) in [7, 11) is 1.63. The van der Waals surface area contributed by atoms with E-state index in [-0.39, 0.29) is 6.61 Å². The van der Waals surface area contributed by atoms with Crippen LogP contribution in [0.3, 0.4) is 0 Å². The number of carbonyl (C=O) groups excluding carboxylic acids is 1. The minimum atomic E-state index is -0.536. The topological polar surface area (TPSA) is 110 Å². The number of nitrogens with zero attached hydrogens (tertiary/aromatic N) is 2. The van der Waals surface area contributed by atoms with Crippen LogP contribution in [0.4, 0.5) is 0 Å². The Kier molecular flexibility index (Phi) is 7.19. The zero-order chi connectivity index (χ0) is 23.8. The van der Waals surface area contributed by atoms with E-state index in [1.54, 1.807) is 37.5 Å². The van der Waals surface area contributed by atoms with Gasteiger partial charge in [0.15, 0.2) is 6.61 Å². The predicted octanol–water partition coefficient (Wildman–Crippen LogP) is 4.36. The van der Waals surface area contributed by atoms with Gasteiger partial charge in [0.2, 0.25) is 5.82 Å². The van der Waals surface area contributed by atoms with Crippen molar-refractivity contribution in [3.8, 4) is 28.6 Å². The number of carbonyl (C=O) groups is 1. The normalized spacial score (nSPS) is 10.9. The third kappa shape index (κ3) is 6.01. The van der Waals surface area contributed by atoms with Gasteiger partial charge in [-0.1, -0.05) is 29.4 Å². The molecule has 0 saturated carbocycles. The van der Waals surface area contributed by atoms with Crippen LogP contribution in [0.2, 0.25) is 0 Å². The molecule has 1 amide bonds. The summed E-state index contributed by atoms with van der Waals surface area (Å²) in [5.41, 5.74) is 7.68. The quantitative estimate of drug-likeness (QED) is 0.377. The summed E-state index contributed by atoms with van der Waals surface area (Å²) in [4.78, 5) is 15.2. The van der Waals surface area contributed by atoms with Crippen LogP contribution in [0.15, 0.2) is 77.3 Å². The van der Waals surface area contributed by atoms with E-state index in [9.17, 15) is 4.79 Å². The van der Waals surface area contributed by atoms with Gasteiger partial charge in [-0.05, 0) is 60.2 Å². The number of hydrogen-bond donors (Lipinski definition) is 1. The van der Waals surface area contributed by atoms with E-state index in [2.05, 4.69) is 10.1 Å². The molecular formula is C26H23N3O5. The fourth-order valence-corrected chi connectivity index (χ4v) is 3.14. The second kappa shape index (κ2) is 10.8. The lowest BCUT2D eigenvalue weighted by Gasteiger charge is -2.11. The van der Waals surface area contributed by atoms with E-state index in [0.29, 0.717) is 24.1 Å². The molecule has 0 spiro atoms. The Balaban J connectivity index is 1.43. The highest BCUT2D eigenvalue weighted by Gasteiger charge is 2.08. The van der Waals surface area contributed by atoms with Gasteiger partial charge in [-0.25, -0.2) is 0 Å². The molecule has 0 aliphatic rings. The van der Waals surface area contributed by atoms with Crippen molar-refractivity contribution in [1.82, 2.24) is 10.1 Å². The molecule has 0 atom stereocenters. The third-order valence-electron chi connectivity index (χ3n) is 4.80. The van der Waals surface area contributed by atoms with Crippen molar-refractivity contribution in [2.45, 2.75) is 6.61 Å². The first-order chi connectivity index (χ1) is 16.6. The molecule has 0 bridgehead atoms. The van der Waals surface area contributed by atoms with E-state index < -0.39 is 5.91 Å². The minimum absolute atomic E-state index is 0.179. The van der Waals surface area contributed by atoms with Crippen molar-refractivity contribution in [3.05, 3.63) is 89.8 Å². The average Bonchev–Trinajstić information content (AvgIpc) is 3.35. The Morgan fingerprint density at radius 3 is 2.47 bits per heavy atom. The van der Waals surface area contributed by atoms with Gasteiger partial charge < -0.3 is 24.5 Å². The zero-order valence-electron chi connectivity index (χ0n) is 18.5. The van der Waals surface area contributed by atoms with E-state index in [1.165, 1.54) is 0 Å². The van der Waals surface area contributed by atoms with Crippen LogP contribution in [-0.2, 0) is 11.4 Å². The molecule has 34 heavy (non-hydrogen) atoms. The largest absolute Gasteiger partial charge is 0.496 e. The van der Waals surface area contributed by atoms with Crippen molar-refractivity contribution in [2.75, 3.05) is 13.7 Å². The Morgan fingerprint density at radius 1 is 0.971 bits per heavy atom. The number of ether oxygens (including phenoxy) is 3. The second-order valence-electron chi connectivity index (χ2n) is 7.24. The Hall–Kier alpha value is -4.59. The molecule has 1 heterocycles. The van der Waals surface area contributed by atoms with Gasteiger partial charge in [-0.3, -0.25) is 4.79 Å². The second-order valence-corrected chi connectivity index (χ2v) is 7.24. The molecule has 8 heteroatoms. The standard InChI is InChI=1S/C26H23N3O5/c1-31-23-13-7-18(15-20(23)16-32-21-5-3-2-4-6-21)8-14-25-28-26(29-34-25)19-9-11-22(12-10-19)33-17-24(27)30/h2-15H,16-17H2,1H3,(H2,27,30)/b14-8-. The van der Waals surface area contributed by atoms with Gasteiger partial charge in [0, 0.05) is 17.2 Å². The monoisotopic (exact) mass is 457 g/mol. The first-order valence-electron chi connectivity index (χ1n) is 10.5. The maximum Gasteiger partial charge on any atom is 0.255 e. The number of hydrogen-bond acceptors (Lipinski definition) is 7. The fourth-order valence-electron chi connectivity index (χ4n) is 3.14. The summed E-state index contributed by atoms with van der Waals surface area (Å²) in [6, 6.07) is 22.4. The molecule has 3 aromatic carbocycles. The van der Waals surface area contributed by atoms with Gasteiger partial charge >= 0.3 is 0 Å². The van der Waals surface area contributed by atoms with E-state index in [4.69, 9.17) is 24.5 Å². The maximum absolute atomic E-state index is 10.8. The van der Waals surface area contributed by atoms with E-state index in [0.717, 1.165) is 28.2 Å². The first-order valence-corrected chi connectivity index (χ1v) is 10.5. The van der Waals surface area contributed by atoms with Crippen LogP contribution in [0.25, 0.3) is 23.5 Å². The SMILES string of the molecule is COc1ccc(/C=C\c2nc(-c3ccc(OCC(N)=O)cc3)no2)cc1COc1ccccc1.